The van der Waals surface area contributed by atoms with Crippen LogP contribution in [0.3, 0.4) is 0 Å². The van der Waals surface area contributed by atoms with Crippen molar-refractivity contribution in [1.82, 2.24) is 4.98 Å². The third-order valence-electron chi connectivity index (χ3n) is 4.85. The zero-order valence-corrected chi connectivity index (χ0v) is 17.8. The topological polar surface area (TPSA) is 71.5 Å². The van der Waals surface area contributed by atoms with Gasteiger partial charge in [-0.1, -0.05) is 18.2 Å². The van der Waals surface area contributed by atoms with Gasteiger partial charge in [-0.2, -0.15) is 0 Å². The van der Waals surface area contributed by atoms with Crippen molar-refractivity contribution in [2.24, 2.45) is 0 Å². The number of hydrogen-bond donors (Lipinski definition) is 1. The number of anilines is 2. The molecule has 30 heavy (non-hydrogen) atoms. The fourth-order valence-electron chi connectivity index (χ4n) is 3.46. The Kier molecular flexibility index (Phi) is 6.67. The molecule has 3 aromatic rings. The van der Waals surface area contributed by atoms with Crippen LogP contribution in [-0.2, 0) is 9.53 Å². The normalized spacial score (nSPS) is 10.8. The molecule has 0 fully saturated rings. The van der Waals surface area contributed by atoms with Gasteiger partial charge in [0.05, 0.1) is 11.1 Å². The average Bonchev–Trinajstić information content (AvgIpc) is 2.73. The predicted molar refractivity (Wildman–Crippen MR) is 120 cm³/mol. The van der Waals surface area contributed by atoms with Crippen molar-refractivity contribution in [3.63, 3.8) is 0 Å². The van der Waals surface area contributed by atoms with Crippen LogP contribution in [0.4, 0.5) is 11.4 Å². The summed E-state index contributed by atoms with van der Waals surface area (Å²) in [5.41, 5.74) is 3.59. The van der Waals surface area contributed by atoms with Gasteiger partial charge in [0.2, 0.25) is 0 Å². The van der Waals surface area contributed by atoms with Crippen molar-refractivity contribution in [2.75, 3.05) is 23.4 Å². The molecule has 0 radical (unpaired) electrons. The number of rotatable bonds is 7. The molecule has 6 heteroatoms. The minimum Gasteiger partial charge on any atom is -0.452 e. The lowest BCUT2D eigenvalue weighted by molar-refractivity contribution is -0.119. The highest BCUT2D eigenvalue weighted by Gasteiger charge is 2.15. The summed E-state index contributed by atoms with van der Waals surface area (Å²) in [6.45, 7) is 8.75. The van der Waals surface area contributed by atoms with Crippen LogP contribution in [0.1, 0.15) is 36.8 Å². The van der Waals surface area contributed by atoms with Crippen molar-refractivity contribution >= 4 is 34.2 Å². The van der Waals surface area contributed by atoms with Crippen LogP contribution in [0.2, 0.25) is 0 Å². The molecule has 2 aromatic carbocycles. The van der Waals surface area contributed by atoms with Gasteiger partial charge < -0.3 is 15.0 Å². The first kappa shape index (κ1) is 21.3. The number of ether oxygens (including phenoxy) is 1. The molecule has 1 N–H and O–H groups in total. The van der Waals surface area contributed by atoms with Crippen LogP contribution in [0.25, 0.3) is 10.9 Å². The van der Waals surface area contributed by atoms with Gasteiger partial charge in [0.1, 0.15) is 0 Å². The smallest absolute Gasteiger partial charge is 0.339 e. The van der Waals surface area contributed by atoms with Gasteiger partial charge in [-0.25, -0.2) is 4.79 Å². The van der Waals surface area contributed by atoms with Crippen LogP contribution in [-0.4, -0.2) is 36.1 Å². The summed E-state index contributed by atoms with van der Waals surface area (Å²) in [7, 11) is 0. The van der Waals surface area contributed by atoms with E-state index in [1.54, 1.807) is 6.07 Å². The van der Waals surface area contributed by atoms with E-state index in [2.05, 4.69) is 36.0 Å². The molecule has 0 saturated heterocycles. The SMILES string of the molecule is CCN(c1ccc(NC(=O)COC(=O)c2cc(C)nc3ccccc23)cc1)C(C)C. The maximum Gasteiger partial charge on any atom is 0.339 e. The van der Waals surface area contributed by atoms with E-state index < -0.39 is 5.97 Å². The minimum atomic E-state index is -0.544. The van der Waals surface area contributed by atoms with E-state index in [0.29, 0.717) is 28.4 Å². The molecule has 156 valence electrons. The number of nitrogens with one attached hydrogen (secondary N) is 1. The lowest BCUT2D eigenvalue weighted by Gasteiger charge is -2.27. The Morgan fingerprint density at radius 2 is 1.80 bits per heavy atom. The predicted octanol–water partition coefficient (Wildman–Crippen LogP) is 4.57. The molecular formula is C24H27N3O3. The van der Waals surface area contributed by atoms with Gasteiger partial charge in [0.15, 0.2) is 6.61 Å². The highest BCUT2D eigenvalue weighted by Crippen LogP contribution is 2.21. The van der Waals surface area contributed by atoms with E-state index in [1.165, 1.54) is 0 Å². The number of amides is 1. The van der Waals surface area contributed by atoms with Crippen LogP contribution in [0.5, 0.6) is 0 Å². The number of pyridine rings is 1. The van der Waals surface area contributed by atoms with Crippen LogP contribution in [0, 0.1) is 6.92 Å². The maximum atomic E-state index is 12.5. The quantitative estimate of drug-likeness (QED) is 0.583. The van der Waals surface area contributed by atoms with E-state index in [-0.39, 0.29) is 12.5 Å². The second kappa shape index (κ2) is 9.39. The van der Waals surface area contributed by atoms with Crippen LogP contribution in [0.15, 0.2) is 54.6 Å². The Labute approximate surface area is 176 Å². The molecule has 1 aromatic heterocycles. The van der Waals surface area contributed by atoms with Gasteiger partial charge in [-0.05, 0) is 64.1 Å². The second-order valence-electron chi connectivity index (χ2n) is 7.38. The van der Waals surface area contributed by atoms with Crippen molar-refractivity contribution in [2.45, 2.75) is 33.7 Å². The Morgan fingerprint density at radius 1 is 1.10 bits per heavy atom. The van der Waals surface area contributed by atoms with Crippen molar-refractivity contribution in [3.8, 4) is 0 Å². The Balaban J connectivity index is 1.62. The van der Waals surface area contributed by atoms with Crippen molar-refractivity contribution in [1.29, 1.82) is 0 Å². The van der Waals surface area contributed by atoms with E-state index in [9.17, 15) is 9.59 Å². The molecule has 3 rings (SSSR count). The van der Waals surface area contributed by atoms with Crippen molar-refractivity contribution < 1.29 is 14.3 Å². The third kappa shape index (κ3) is 4.95. The number of para-hydroxylation sites is 1. The maximum absolute atomic E-state index is 12.5. The molecule has 0 aliphatic heterocycles. The Bertz CT molecular complexity index is 1050. The van der Waals surface area contributed by atoms with E-state index in [4.69, 9.17) is 4.74 Å². The molecular weight excluding hydrogens is 378 g/mol. The molecule has 0 aliphatic carbocycles. The molecule has 1 heterocycles. The molecule has 0 spiro atoms. The average molecular weight is 405 g/mol. The lowest BCUT2D eigenvalue weighted by atomic mass is 10.1. The zero-order valence-electron chi connectivity index (χ0n) is 17.8. The number of carbonyl (C=O) groups excluding carboxylic acids is 2. The number of hydrogen-bond acceptors (Lipinski definition) is 5. The second-order valence-corrected chi connectivity index (χ2v) is 7.38. The number of nitrogens with zero attached hydrogens (tertiary/aromatic N) is 2. The summed E-state index contributed by atoms with van der Waals surface area (Å²) in [5.74, 6) is -0.930. The summed E-state index contributed by atoms with van der Waals surface area (Å²) >= 11 is 0. The highest BCUT2D eigenvalue weighted by molar-refractivity contribution is 6.04. The summed E-state index contributed by atoms with van der Waals surface area (Å²) in [6, 6.07) is 17.1. The van der Waals surface area contributed by atoms with Gasteiger partial charge in [0.25, 0.3) is 5.91 Å². The van der Waals surface area contributed by atoms with E-state index in [0.717, 1.165) is 17.7 Å². The molecule has 0 aliphatic rings. The van der Waals surface area contributed by atoms with Gasteiger partial charge in [0, 0.05) is 35.0 Å². The first-order valence-corrected chi connectivity index (χ1v) is 10.1. The lowest BCUT2D eigenvalue weighted by Crippen LogP contribution is -2.30. The monoisotopic (exact) mass is 405 g/mol. The molecule has 0 bridgehead atoms. The number of esters is 1. The van der Waals surface area contributed by atoms with Gasteiger partial charge in [-0.3, -0.25) is 9.78 Å². The third-order valence-corrected chi connectivity index (χ3v) is 4.85. The van der Waals surface area contributed by atoms with E-state index in [1.807, 2.05) is 55.5 Å². The first-order valence-electron chi connectivity index (χ1n) is 10.1. The number of benzene rings is 2. The molecule has 0 saturated carbocycles. The standard InChI is InChI=1S/C24H27N3O3/c1-5-27(16(2)3)19-12-10-18(11-13-19)26-23(28)15-30-24(29)21-14-17(4)25-22-9-7-6-8-20(21)22/h6-14,16H,5,15H2,1-4H3,(H,26,28). The van der Waals surface area contributed by atoms with Crippen molar-refractivity contribution in [3.05, 3.63) is 65.9 Å². The largest absolute Gasteiger partial charge is 0.452 e. The summed E-state index contributed by atoms with van der Waals surface area (Å²) in [5, 5.41) is 3.47. The molecule has 1 amide bonds. The highest BCUT2D eigenvalue weighted by atomic mass is 16.5. The first-order chi connectivity index (χ1) is 14.4. The van der Waals surface area contributed by atoms with Gasteiger partial charge >= 0.3 is 5.97 Å². The fourth-order valence-corrected chi connectivity index (χ4v) is 3.46. The molecule has 0 unspecified atom stereocenters. The minimum absolute atomic E-state index is 0.358. The summed E-state index contributed by atoms with van der Waals surface area (Å²) in [4.78, 5) is 31.5. The number of fused-ring (bicyclic) bond motifs is 1. The van der Waals surface area contributed by atoms with Gasteiger partial charge in [-0.15, -0.1) is 0 Å². The zero-order chi connectivity index (χ0) is 21.7. The molecule has 6 nitrogen and oxygen atoms in total. The Morgan fingerprint density at radius 3 is 2.47 bits per heavy atom. The number of aryl methyl sites for hydroxylation is 1. The number of aromatic nitrogens is 1. The Hall–Kier alpha value is -3.41. The van der Waals surface area contributed by atoms with Crippen LogP contribution >= 0.6 is 0 Å². The summed E-state index contributed by atoms with van der Waals surface area (Å²) < 4.78 is 5.25. The number of carbonyl (C=O) groups is 2. The summed E-state index contributed by atoms with van der Waals surface area (Å²) in [6.07, 6.45) is 0. The molecule has 0 atom stereocenters. The fraction of sp³-hybridized carbons (Fsp3) is 0.292. The van der Waals surface area contributed by atoms with E-state index >= 15 is 0 Å². The van der Waals surface area contributed by atoms with Crippen LogP contribution < -0.4 is 10.2 Å².